The number of nitrogens with zero attached hydrogens (tertiary/aromatic N) is 14. The summed E-state index contributed by atoms with van der Waals surface area (Å²) in [5.74, 6) is 3.00. The second-order valence-corrected chi connectivity index (χ2v) is 26.6. The fraction of sp³-hybridized carbons (Fsp3) is 0.500. The third kappa shape index (κ3) is 20.2. The second kappa shape index (κ2) is 38.2. The molecule has 8 aliphatic heterocycles. The van der Waals surface area contributed by atoms with Crippen LogP contribution in [0.4, 0.5) is 15.8 Å². The van der Waals surface area contributed by atoms with E-state index in [9.17, 15) is 29.6 Å². The summed E-state index contributed by atoms with van der Waals surface area (Å²) in [7, 11) is 7.95. The molecule has 105 heavy (non-hydrogen) atoms. The minimum absolute atomic E-state index is 0.0363. The fourth-order valence-electron chi connectivity index (χ4n) is 11.6. The number of ether oxygens (including phenoxy) is 11. The molecular formula is C66H93FN20O16S2. The molecule has 0 unspecified atom stereocenters. The van der Waals surface area contributed by atoms with Crippen LogP contribution in [0.2, 0.25) is 0 Å². The molecule has 6 aromatic rings. The van der Waals surface area contributed by atoms with Gasteiger partial charge in [0.2, 0.25) is 5.43 Å². The quantitative estimate of drug-likeness (QED) is 0.0556. The Hall–Kier alpha value is -8.46. The Morgan fingerprint density at radius 3 is 1.72 bits per heavy atom. The highest BCUT2D eigenvalue weighted by Gasteiger charge is 2.47. The van der Waals surface area contributed by atoms with Gasteiger partial charge in [-0.25, -0.2) is 44.3 Å². The SMILES string of the molecule is C=C1N=C(N)C(F)=CN1[C@H]1CS[C@@H](COC)O1.C=C1N=C(N)C=CN1[C@@H]1O[C@H](COC)[C@@H](O)[C@@H]1O.C=C1N=C(N)C=CN1[C@H]1CS[C@@H](COC)O1.CCO[C@H](C)Cn1cnc2c(N)ccnc21.COC[C@@H]1CC[C@H](n2cnc3c(=O)cc[nH]c32)O1.COC[C@H]1O[C@@H](n2cnc3c(N)ccnc32)[C@@H](O)[C@@H]1O. The molecule has 0 bridgehead atoms. The van der Waals surface area contributed by atoms with E-state index in [-0.39, 0.29) is 66.2 Å². The fourth-order valence-corrected chi connectivity index (χ4v) is 13.7. The van der Waals surface area contributed by atoms with Crippen molar-refractivity contribution in [1.82, 2.24) is 58.3 Å². The number of aliphatic hydroxyl groups excluding tert-OH is 4. The molecule has 0 saturated carbocycles. The van der Waals surface area contributed by atoms with Crippen molar-refractivity contribution in [2.24, 2.45) is 32.2 Å². The van der Waals surface area contributed by atoms with Crippen LogP contribution in [0.5, 0.6) is 0 Å². The van der Waals surface area contributed by atoms with Crippen LogP contribution >= 0.6 is 23.5 Å². The van der Waals surface area contributed by atoms with Crippen LogP contribution in [-0.2, 0) is 58.7 Å². The van der Waals surface area contributed by atoms with Crippen molar-refractivity contribution in [2.45, 2.75) is 124 Å². The molecule has 15 N–H and O–H groups in total. The number of aliphatic imine (C=N–C) groups is 3. The lowest BCUT2D eigenvalue weighted by Crippen LogP contribution is -2.42. The summed E-state index contributed by atoms with van der Waals surface area (Å²) in [6.45, 7) is 18.8. The number of aromatic nitrogens is 9. The molecule has 5 saturated heterocycles. The molecule has 5 fully saturated rings. The topological polar surface area (TPSA) is 471 Å². The van der Waals surface area contributed by atoms with Gasteiger partial charge in [-0.1, -0.05) is 19.7 Å². The standard InChI is InChI=1S/C12H16N4O4.C12H15N3O3.C11H16N4O.C11H17N3O4.C10H14FN3O2S.C10H15N3O2S/c1-19-4-7-9(17)10(18)12(20-7)16-5-15-8-6(13)2-3-14-11(8)16;1-17-6-8-2-3-10(18-8)15-7-14-11-9(16)4-5-13-12(11)15;1-3-16-8(2)6-15-7-14-10-9(12)4-5-13-11(10)15;1-6-13-8(12)3-4-14(6)11-10(16)9(15)7(18-11)5-17-2;1-6-13-10(12)7(11)3-14(6)8-5-17-9(16-8)4-15-2;1-7-12-8(11)3-4-13(7)9-6-16-10(15-9)5-14-2/h2-3,5,7,9-10,12,17-18H,4H2,1H3,(H2,13,14);4-5,7-8,10H,2-3,6H2,1H3,(H,13,16);4-5,7-8H,3,6H2,1-2H3,(H2,12,13);3-4,7,9-11,15-16H,1,5H2,2H3,(H2,12,13);3,8-9H,1,4-5H2,2H3,(H2,12,13);3-4,9-10H,1,5-6H2,2H3,(H2,11,12)/t7-,9-,10+,12-;8-,10+;8-;7-,9-,10+,11-;8-,9+;9-,10+/m101111/s1. The van der Waals surface area contributed by atoms with Gasteiger partial charge in [0, 0.05) is 96.9 Å². The Kier molecular flexibility index (Phi) is 29.3. The summed E-state index contributed by atoms with van der Waals surface area (Å²) in [6.07, 6.45) is 12.6. The molecule has 14 rings (SSSR count). The first-order valence-electron chi connectivity index (χ1n) is 33.1. The smallest absolute Gasteiger partial charge is 0.209 e. The highest BCUT2D eigenvalue weighted by molar-refractivity contribution is 8.00. The molecule has 8 aliphatic rings. The summed E-state index contributed by atoms with van der Waals surface area (Å²) in [5.41, 5.74) is 33.0. The third-order valence-corrected chi connectivity index (χ3v) is 18.9. The Bertz CT molecular complexity index is 4160. The van der Waals surface area contributed by atoms with E-state index >= 15 is 0 Å². The number of pyridine rings is 3. The molecule has 15 atom stereocenters. The third-order valence-electron chi connectivity index (χ3n) is 16.7. The van der Waals surface area contributed by atoms with Crippen molar-refractivity contribution < 1.29 is 76.9 Å². The molecule has 14 heterocycles. The van der Waals surface area contributed by atoms with Gasteiger partial charge in [0.25, 0.3) is 0 Å². The van der Waals surface area contributed by atoms with Crippen LogP contribution in [0.1, 0.15) is 39.1 Å². The number of aromatic amines is 1. The number of anilines is 2. The minimum Gasteiger partial charge on any atom is -0.397 e. The van der Waals surface area contributed by atoms with Crippen LogP contribution in [0.25, 0.3) is 33.5 Å². The molecule has 0 aromatic carbocycles. The Morgan fingerprint density at radius 2 is 1.13 bits per heavy atom. The second-order valence-electron chi connectivity index (χ2n) is 24.2. The van der Waals surface area contributed by atoms with Gasteiger partial charge in [0.1, 0.15) is 112 Å². The van der Waals surface area contributed by atoms with Crippen LogP contribution in [-0.4, -0.2) is 261 Å². The number of hydrogen-bond donors (Lipinski definition) is 10. The van der Waals surface area contributed by atoms with Gasteiger partial charge in [-0.3, -0.25) is 13.9 Å². The lowest BCUT2D eigenvalue weighted by molar-refractivity contribution is -0.0740. The molecule has 6 aromatic heterocycles. The molecule has 0 aliphatic carbocycles. The van der Waals surface area contributed by atoms with Gasteiger partial charge in [0.15, 0.2) is 40.9 Å². The van der Waals surface area contributed by atoms with Crippen molar-refractivity contribution in [3.05, 3.63) is 140 Å². The number of methoxy groups -OCH3 is 5. The average Bonchev–Trinajstić information content (AvgIpc) is 1.49. The zero-order valence-electron chi connectivity index (χ0n) is 59.2. The predicted molar refractivity (Wildman–Crippen MR) is 392 cm³/mol. The number of H-pyrrole nitrogens is 1. The monoisotopic (exact) mass is 1500 g/mol. The lowest BCUT2D eigenvalue weighted by atomic mass is 10.1. The number of nitrogen functional groups attached to an aromatic ring is 2. The normalized spacial score (nSPS) is 27.3. The van der Waals surface area contributed by atoms with E-state index < -0.39 is 54.9 Å². The zero-order valence-corrected chi connectivity index (χ0v) is 60.8. The van der Waals surface area contributed by atoms with Crippen LogP contribution < -0.4 is 34.1 Å². The number of halogens is 1. The largest absolute Gasteiger partial charge is 0.397 e. The van der Waals surface area contributed by atoms with Crippen LogP contribution in [0.15, 0.2) is 149 Å². The minimum atomic E-state index is -1.09. The number of nitrogens with two attached hydrogens (primary N) is 5. The molecular weight excluding hydrogens is 1410 g/mol. The first kappa shape index (κ1) is 80.6. The highest BCUT2D eigenvalue weighted by atomic mass is 32.2. The van der Waals surface area contributed by atoms with Crippen molar-refractivity contribution in [2.75, 3.05) is 98.2 Å². The van der Waals surface area contributed by atoms with Crippen molar-refractivity contribution in [1.29, 1.82) is 0 Å². The van der Waals surface area contributed by atoms with Gasteiger partial charge in [-0.2, -0.15) is 0 Å². The van der Waals surface area contributed by atoms with Gasteiger partial charge < -0.3 is 125 Å². The number of thioether (sulfide) groups is 2. The Morgan fingerprint density at radius 1 is 0.610 bits per heavy atom. The van der Waals surface area contributed by atoms with Crippen molar-refractivity contribution >= 4 is 85.9 Å². The highest BCUT2D eigenvalue weighted by Crippen LogP contribution is 2.36. The Balaban J connectivity index is 0.000000146. The number of nitrogens with one attached hydrogen (secondary N) is 1. The predicted octanol–water partition coefficient (Wildman–Crippen LogP) is 2.21. The molecule has 36 nitrogen and oxygen atoms in total. The summed E-state index contributed by atoms with van der Waals surface area (Å²) in [4.78, 5) is 52.6. The van der Waals surface area contributed by atoms with E-state index in [2.05, 4.69) is 64.6 Å². The van der Waals surface area contributed by atoms with Crippen LogP contribution in [0.3, 0.4) is 0 Å². The molecule has 572 valence electrons. The van der Waals surface area contributed by atoms with E-state index in [1.54, 1.807) is 116 Å². The zero-order chi connectivity index (χ0) is 75.6. The van der Waals surface area contributed by atoms with Crippen molar-refractivity contribution in [3.8, 4) is 0 Å². The number of imidazole rings is 3. The van der Waals surface area contributed by atoms with Gasteiger partial charge in [-0.15, -0.1) is 23.5 Å². The van der Waals surface area contributed by atoms with E-state index in [1.807, 2.05) is 34.1 Å². The van der Waals surface area contributed by atoms with Gasteiger partial charge in [0.05, 0.1) is 82.1 Å². The average molecular weight is 1510 g/mol. The molecule has 0 amide bonds. The summed E-state index contributed by atoms with van der Waals surface area (Å²) >= 11 is 3.34. The van der Waals surface area contributed by atoms with E-state index in [1.165, 1.54) is 37.7 Å². The molecule has 0 radical (unpaired) electrons. The number of rotatable bonds is 19. The maximum Gasteiger partial charge on any atom is 0.209 e. The summed E-state index contributed by atoms with van der Waals surface area (Å²) < 4.78 is 77.8. The van der Waals surface area contributed by atoms with E-state index in [4.69, 9.17) is 80.8 Å². The number of amidine groups is 3. The van der Waals surface area contributed by atoms with E-state index in [0.717, 1.165) is 36.3 Å². The van der Waals surface area contributed by atoms with Crippen LogP contribution in [0, 0.1) is 0 Å². The number of aliphatic hydroxyl groups is 4. The van der Waals surface area contributed by atoms with Crippen molar-refractivity contribution in [3.63, 3.8) is 0 Å². The molecule has 39 heteroatoms. The number of fused-ring (bicyclic) bond motifs is 3. The summed E-state index contributed by atoms with van der Waals surface area (Å²) in [5, 5.41) is 39.9. The van der Waals surface area contributed by atoms with Gasteiger partial charge in [-0.05, 0) is 51.0 Å². The maximum atomic E-state index is 13.3. The number of hydrogen-bond acceptors (Lipinski definition) is 34. The van der Waals surface area contributed by atoms with E-state index in [0.29, 0.717) is 95.0 Å². The first-order valence-corrected chi connectivity index (χ1v) is 35.2. The summed E-state index contributed by atoms with van der Waals surface area (Å²) in [6, 6.07) is 4.88. The maximum absolute atomic E-state index is 13.3. The Labute approximate surface area is 612 Å². The molecule has 0 spiro atoms. The van der Waals surface area contributed by atoms with Gasteiger partial charge >= 0.3 is 0 Å². The first-order chi connectivity index (χ1) is 50.5. The lowest BCUT2D eigenvalue weighted by Gasteiger charge is -2.30.